The summed E-state index contributed by atoms with van der Waals surface area (Å²) in [6, 6.07) is 5.47. The smallest absolute Gasteiger partial charge is 0.108 e. The SMILES string of the molecule is CCN(CC)C(C)OCc1ccc(Cl)cc1Cl. The predicted octanol–water partition coefficient (Wildman–Crippen LogP) is 4.20. The van der Waals surface area contributed by atoms with Gasteiger partial charge in [-0.15, -0.1) is 0 Å². The van der Waals surface area contributed by atoms with Gasteiger partial charge in [0.15, 0.2) is 0 Å². The van der Waals surface area contributed by atoms with Crippen LogP contribution in [0.1, 0.15) is 26.3 Å². The molecule has 0 aliphatic carbocycles. The number of benzene rings is 1. The van der Waals surface area contributed by atoms with Crippen LogP contribution < -0.4 is 0 Å². The quantitative estimate of drug-likeness (QED) is 0.722. The topological polar surface area (TPSA) is 12.5 Å². The molecule has 1 aromatic rings. The van der Waals surface area contributed by atoms with E-state index in [9.17, 15) is 0 Å². The summed E-state index contributed by atoms with van der Waals surface area (Å²) in [6.07, 6.45) is 0.0942. The summed E-state index contributed by atoms with van der Waals surface area (Å²) in [5.74, 6) is 0. The van der Waals surface area contributed by atoms with E-state index in [4.69, 9.17) is 27.9 Å². The lowest BCUT2D eigenvalue weighted by atomic mass is 10.2. The third-order valence-corrected chi connectivity index (χ3v) is 3.41. The first-order chi connectivity index (χ1) is 8.08. The predicted molar refractivity (Wildman–Crippen MR) is 73.6 cm³/mol. The van der Waals surface area contributed by atoms with Crippen LogP contribution in [0.3, 0.4) is 0 Å². The molecule has 0 saturated heterocycles. The molecule has 1 atom stereocenters. The lowest BCUT2D eigenvalue weighted by molar-refractivity contribution is -0.0520. The minimum absolute atomic E-state index is 0.0942. The average molecular weight is 276 g/mol. The molecule has 0 aliphatic heterocycles. The second-order valence-electron chi connectivity index (χ2n) is 3.87. The van der Waals surface area contributed by atoms with Gasteiger partial charge in [0, 0.05) is 10.0 Å². The molecule has 4 heteroatoms. The van der Waals surface area contributed by atoms with Crippen LogP contribution in [0.4, 0.5) is 0 Å². The van der Waals surface area contributed by atoms with E-state index in [1.54, 1.807) is 6.07 Å². The summed E-state index contributed by atoms with van der Waals surface area (Å²) in [7, 11) is 0. The molecule has 1 unspecified atom stereocenters. The second-order valence-corrected chi connectivity index (χ2v) is 4.71. The second kappa shape index (κ2) is 7.22. The van der Waals surface area contributed by atoms with Crippen molar-refractivity contribution in [1.82, 2.24) is 4.90 Å². The van der Waals surface area contributed by atoms with Gasteiger partial charge < -0.3 is 4.74 Å². The third kappa shape index (κ3) is 4.47. The van der Waals surface area contributed by atoms with Crippen molar-refractivity contribution in [1.29, 1.82) is 0 Å². The molecule has 0 saturated carbocycles. The Bertz CT molecular complexity index is 353. The van der Waals surface area contributed by atoms with Crippen LogP contribution in [-0.2, 0) is 11.3 Å². The first-order valence-electron chi connectivity index (χ1n) is 5.88. The Labute approximate surface area is 113 Å². The van der Waals surface area contributed by atoms with Crippen molar-refractivity contribution in [2.24, 2.45) is 0 Å². The zero-order chi connectivity index (χ0) is 12.8. The number of hydrogen-bond donors (Lipinski definition) is 0. The molecule has 96 valence electrons. The molecule has 0 aromatic heterocycles. The highest BCUT2D eigenvalue weighted by Crippen LogP contribution is 2.22. The van der Waals surface area contributed by atoms with E-state index in [2.05, 4.69) is 25.7 Å². The normalized spacial score (nSPS) is 13.1. The highest BCUT2D eigenvalue weighted by atomic mass is 35.5. The third-order valence-electron chi connectivity index (χ3n) is 2.82. The number of hydrogen-bond acceptors (Lipinski definition) is 2. The number of nitrogens with zero attached hydrogens (tertiary/aromatic N) is 1. The summed E-state index contributed by atoms with van der Waals surface area (Å²) >= 11 is 11.9. The Morgan fingerprint density at radius 1 is 1.24 bits per heavy atom. The molecule has 0 heterocycles. The summed E-state index contributed by atoms with van der Waals surface area (Å²) < 4.78 is 5.79. The Kier molecular flexibility index (Phi) is 6.28. The molecule has 0 aliphatic rings. The highest BCUT2D eigenvalue weighted by Gasteiger charge is 2.11. The van der Waals surface area contributed by atoms with E-state index in [0.717, 1.165) is 18.7 Å². The summed E-state index contributed by atoms with van der Waals surface area (Å²) in [4.78, 5) is 2.24. The molecule has 0 fully saturated rings. The lowest BCUT2D eigenvalue weighted by Crippen LogP contribution is -2.34. The Morgan fingerprint density at radius 2 is 1.88 bits per heavy atom. The van der Waals surface area contributed by atoms with Crippen molar-refractivity contribution >= 4 is 23.2 Å². The zero-order valence-electron chi connectivity index (χ0n) is 10.5. The Morgan fingerprint density at radius 3 is 2.41 bits per heavy atom. The molecule has 17 heavy (non-hydrogen) atoms. The molecule has 0 spiro atoms. The summed E-state index contributed by atoms with van der Waals surface area (Å²) in [5.41, 5.74) is 0.968. The molecule has 1 aromatic carbocycles. The summed E-state index contributed by atoms with van der Waals surface area (Å²) in [5, 5.41) is 1.31. The standard InChI is InChI=1S/C13H19Cl2NO/c1-4-16(5-2)10(3)17-9-11-6-7-12(14)8-13(11)15/h6-8,10H,4-5,9H2,1-3H3. The first-order valence-corrected chi connectivity index (χ1v) is 6.63. The van der Waals surface area contributed by atoms with Crippen LogP contribution in [0.2, 0.25) is 10.0 Å². The Balaban J connectivity index is 2.55. The maximum absolute atomic E-state index is 6.08. The first kappa shape index (κ1) is 14.8. The molecule has 0 N–H and O–H groups in total. The van der Waals surface area contributed by atoms with Crippen molar-refractivity contribution < 1.29 is 4.74 Å². The minimum Gasteiger partial charge on any atom is -0.359 e. The zero-order valence-corrected chi connectivity index (χ0v) is 12.1. The number of halogens is 2. The highest BCUT2D eigenvalue weighted by molar-refractivity contribution is 6.35. The van der Waals surface area contributed by atoms with Crippen LogP contribution in [0.25, 0.3) is 0 Å². The monoisotopic (exact) mass is 275 g/mol. The van der Waals surface area contributed by atoms with Gasteiger partial charge in [-0.2, -0.15) is 0 Å². The number of rotatable bonds is 6. The fraction of sp³-hybridized carbons (Fsp3) is 0.538. The van der Waals surface area contributed by atoms with E-state index >= 15 is 0 Å². The minimum atomic E-state index is 0.0942. The maximum atomic E-state index is 6.08. The van der Waals surface area contributed by atoms with E-state index in [0.29, 0.717) is 16.7 Å². The van der Waals surface area contributed by atoms with E-state index in [-0.39, 0.29) is 6.23 Å². The van der Waals surface area contributed by atoms with Crippen molar-refractivity contribution in [2.75, 3.05) is 13.1 Å². The molecular weight excluding hydrogens is 257 g/mol. The van der Waals surface area contributed by atoms with Crippen LogP contribution >= 0.6 is 23.2 Å². The van der Waals surface area contributed by atoms with Crippen LogP contribution in [0.5, 0.6) is 0 Å². The molecule has 2 nitrogen and oxygen atoms in total. The van der Waals surface area contributed by atoms with Crippen LogP contribution in [0, 0.1) is 0 Å². The lowest BCUT2D eigenvalue weighted by Gasteiger charge is -2.26. The van der Waals surface area contributed by atoms with E-state index in [1.165, 1.54) is 0 Å². The van der Waals surface area contributed by atoms with Gasteiger partial charge in [-0.25, -0.2) is 0 Å². The fourth-order valence-electron chi connectivity index (χ4n) is 1.69. The van der Waals surface area contributed by atoms with Crippen molar-refractivity contribution in [3.8, 4) is 0 Å². The van der Waals surface area contributed by atoms with Gasteiger partial charge in [0.2, 0.25) is 0 Å². The van der Waals surface area contributed by atoms with E-state index in [1.807, 2.05) is 12.1 Å². The van der Waals surface area contributed by atoms with Crippen LogP contribution in [-0.4, -0.2) is 24.2 Å². The molecule has 0 bridgehead atoms. The maximum Gasteiger partial charge on any atom is 0.108 e. The van der Waals surface area contributed by atoms with Crippen LogP contribution in [0.15, 0.2) is 18.2 Å². The van der Waals surface area contributed by atoms with Gasteiger partial charge in [0.05, 0.1) is 6.61 Å². The molecule has 0 radical (unpaired) electrons. The average Bonchev–Trinajstić information content (AvgIpc) is 2.29. The summed E-state index contributed by atoms with van der Waals surface area (Å²) in [6.45, 7) is 8.76. The molecule has 1 rings (SSSR count). The van der Waals surface area contributed by atoms with Gasteiger partial charge in [-0.1, -0.05) is 43.1 Å². The van der Waals surface area contributed by atoms with Gasteiger partial charge in [-0.05, 0) is 37.7 Å². The van der Waals surface area contributed by atoms with Gasteiger partial charge in [0.25, 0.3) is 0 Å². The van der Waals surface area contributed by atoms with Crippen molar-refractivity contribution in [3.63, 3.8) is 0 Å². The van der Waals surface area contributed by atoms with Crippen molar-refractivity contribution in [3.05, 3.63) is 33.8 Å². The van der Waals surface area contributed by atoms with E-state index < -0.39 is 0 Å². The molecule has 0 amide bonds. The van der Waals surface area contributed by atoms with Gasteiger partial charge >= 0.3 is 0 Å². The van der Waals surface area contributed by atoms with Gasteiger partial charge in [0.1, 0.15) is 6.23 Å². The molecular formula is C13H19Cl2NO. The van der Waals surface area contributed by atoms with Crippen molar-refractivity contribution in [2.45, 2.75) is 33.6 Å². The largest absolute Gasteiger partial charge is 0.359 e. The fourth-order valence-corrected chi connectivity index (χ4v) is 2.16. The Hall–Kier alpha value is -0.280. The number of ether oxygens (including phenoxy) is 1. The van der Waals surface area contributed by atoms with Gasteiger partial charge in [-0.3, -0.25) is 4.90 Å².